The van der Waals surface area contributed by atoms with E-state index >= 15 is 0 Å². The van der Waals surface area contributed by atoms with Crippen molar-refractivity contribution in [1.29, 1.82) is 0 Å². The van der Waals surface area contributed by atoms with Crippen LogP contribution in [0, 0.1) is 17.6 Å². The zero-order valence-corrected chi connectivity index (χ0v) is 6.85. The quantitative estimate of drug-likeness (QED) is 0.497. The summed E-state index contributed by atoms with van der Waals surface area (Å²) in [5.74, 6) is -6.42. The van der Waals surface area contributed by atoms with Crippen molar-refractivity contribution in [3.63, 3.8) is 0 Å². The minimum atomic E-state index is -5.13. The van der Waals surface area contributed by atoms with Crippen LogP contribution in [0.1, 0.15) is 5.69 Å². The van der Waals surface area contributed by atoms with Crippen LogP contribution in [-0.2, 0) is 6.18 Å². The molecule has 0 saturated carbocycles. The standard InChI is InChI=1S/C6ClF6N/c7-1-2(8)3(9)5(10)14-4(1)6(11,12)13. The number of rotatable bonds is 0. The number of aromatic nitrogens is 1. The van der Waals surface area contributed by atoms with Gasteiger partial charge in [-0.15, -0.1) is 0 Å². The summed E-state index contributed by atoms with van der Waals surface area (Å²) >= 11 is 4.79. The molecule has 1 aromatic rings. The Morgan fingerprint density at radius 2 is 1.50 bits per heavy atom. The summed E-state index contributed by atoms with van der Waals surface area (Å²) in [6, 6.07) is 0. The first kappa shape index (κ1) is 11.1. The fraction of sp³-hybridized carbons (Fsp3) is 0.167. The van der Waals surface area contributed by atoms with Crippen LogP contribution >= 0.6 is 11.6 Å². The normalized spacial score (nSPS) is 11.9. The highest BCUT2D eigenvalue weighted by atomic mass is 35.5. The van der Waals surface area contributed by atoms with E-state index in [1.54, 1.807) is 0 Å². The first-order valence-corrected chi connectivity index (χ1v) is 3.40. The number of nitrogens with zero attached hydrogens (tertiary/aromatic N) is 1. The summed E-state index contributed by atoms with van der Waals surface area (Å²) in [6.45, 7) is 0. The molecule has 14 heavy (non-hydrogen) atoms. The monoisotopic (exact) mass is 235 g/mol. The molecule has 0 aliphatic heterocycles. The third-order valence-corrected chi connectivity index (χ3v) is 1.60. The molecule has 0 N–H and O–H groups in total. The zero-order chi connectivity index (χ0) is 11.1. The van der Waals surface area contributed by atoms with Crippen LogP contribution in [0.5, 0.6) is 0 Å². The lowest BCUT2D eigenvalue weighted by atomic mass is 10.3. The highest BCUT2D eigenvalue weighted by Crippen LogP contribution is 2.35. The van der Waals surface area contributed by atoms with E-state index < -0.39 is 34.5 Å². The maximum absolute atomic E-state index is 12.5. The largest absolute Gasteiger partial charge is 0.435 e. The summed E-state index contributed by atoms with van der Waals surface area (Å²) in [5.41, 5.74) is -1.99. The molecule has 1 nitrogen and oxygen atoms in total. The Morgan fingerprint density at radius 1 is 1.00 bits per heavy atom. The van der Waals surface area contributed by atoms with Crippen molar-refractivity contribution in [2.45, 2.75) is 6.18 Å². The number of hydrogen-bond acceptors (Lipinski definition) is 1. The molecule has 0 radical (unpaired) electrons. The van der Waals surface area contributed by atoms with E-state index in [1.165, 1.54) is 0 Å². The minimum Gasteiger partial charge on any atom is -0.211 e. The van der Waals surface area contributed by atoms with Crippen molar-refractivity contribution in [3.8, 4) is 0 Å². The zero-order valence-electron chi connectivity index (χ0n) is 6.09. The number of hydrogen-bond donors (Lipinski definition) is 0. The minimum absolute atomic E-state index is 1.59. The molecule has 0 amide bonds. The maximum atomic E-state index is 12.5. The molecule has 78 valence electrons. The second kappa shape index (κ2) is 3.30. The molecule has 0 spiro atoms. The topological polar surface area (TPSA) is 12.9 Å². The molecule has 1 rings (SSSR count). The van der Waals surface area contributed by atoms with Gasteiger partial charge in [0.05, 0.1) is 0 Å². The summed E-state index contributed by atoms with van der Waals surface area (Å²) in [7, 11) is 0. The molecule has 0 aromatic carbocycles. The highest BCUT2D eigenvalue weighted by Gasteiger charge is 2.38. The Bertz CT molecular complexity index is 374. The molecule has 0 saturated heterocycles. The van der Waals surface area contributed by atoms with Crippen molar-refractivity contribution in [2.24, 2.45) is 0 Å². The lowest BCUT2D eigenvalue weighted by Gasteiger charge is -2.08. The van der Waals surface area contributed by atoms with Gasteiger partial charge in [-0.05, 0) is 0 Å². The van der Waals surface area contributed by atoms with E-state index in [4.69, 9.17) is 11.6 Å². The van der Waals surface area contributed by atoms with Crippen LogP contribution in [0.2, 0.25) is 5.02 Å². The number of alkyl halides is 3. The Labute approximate surface area is 78.3 Å². The van der Waals surface area contributed by atoms with Gasteiger partial charge in [-0.1, -0.05) is 11.6 Å². The lowest BCUT2D eigenvalue weighted by Crippen LogP contribution is -2.13. The average molecular weight is 236 g/mol. The van der Waals surface area contributed by atoms with Gasteiger partial charge >= 0.3 is 6.18 Å². The Hall–Kier alpha value is -0.980. The molecule has 1 heterocycles. The van der Waals surface area contributed by atoms with E-state index in [9.17, 15) is 26.3 Å². The molecule has 8 heteroatoms. The summed E-state index contributed by atoms with van der Waals surface area (Å²) in [5, 5.41) is -1.59. The van der Waals surface area contributed by atoms with Gasteiger partial charge in [0.25, 0.3) is 5.95 Å². The molecule has 0 atom stereocenters. The first-order valence-electron chi connectivity index (χ1n) is 3.02. The van der Waals surface area contributed by atoms with Gasteiger partial charge in [0, 0.05) is 0 Å². The molecule has 0 unspecified atom stereocenters. The van der Waals surface area contributed by atoms with Crippen LogP contribution in [0.4, 0.5) is 26.3 Å². The Morgan fingerprint density at radius 3 is 1.93 bits per heavy atom. The second-order valence-corrected chi connectivity index (χ2v) is 2.57. The number of halogens is 7. The van der Waals surface area contributed by atoms with E-state index in [0.717, 1.165) is 0 Å². The summed E-state index contributed by atoms with van der Waals surface area (Å²) in [6.07, 6.45) is -5.13. The third kappa shape index (κ3) is 1.77. The summed E-state index contributed by atoms with van der Waals surface area (Å²) in [4.78, 5) is 2.17. The van der Waals surface area contributed by atoms with Gasteiger partial charge in [0.15, 0.2) is 11.5 Å². The predicted molar refractivity (Wildman–Crippen MR) is 34.1 cm³/mol. The number of pyridine rings is 1. The van der Waals surface area contributed by atoms with Gasteiger partial charge in [-0.3, -0.25) is 0 Å². The second-order valence-electron chi connectivity index (χ2n) is 2.19. The fourth-order valence-corrected chi connectivity index (χ4v) is 0.907. The Balaban J connectivity index is 3.49. The van der Waals surface area contributed by atoms with E-state index in [-0.39, 0.29) is 0 Å². The van der Waals surface area contributed by atoms with Crippen molar-refractivity contribution in [1.82, 2.24) is 4.98 Å². The molecule has 0 bridgehead atoms. The molecule has 0 aliphatic rings. The van der Waals surface area contributed by atoms with Crippen molar-refractivity contribution < 1.29 is 26.3 Å². The van der Waals surface area contributed by atoms with Gasteiger partial charge in [-0.25, -0.2) is 9.37 Å². The molecule has 1 aromatic heterocycles. The van der Waals surface area contributed by atoms with Crippen molar-refractivity contribution in [2.75, 3.05) is 0 Å². The van der Waals surface area contributed by atoms with E-state index in [2.05, 4.69) is 4.98 Å². The van der Waals surface area contributed by atoms with Crippen LogP contribution in [0.25, 0.3) is 0 Å². The smallest absolute Gasteiger partial charge is 0.211 e. The SMILES string of the molecule is Fc1nc(C(F)(F)F)c(Cl)c(F)c1F. The lowest BCUT2D eigenvalue weighted by molar-refractivity contribution is -0.141. The highest BCUT2D eigenvalue weighted by molar-refractivity contribution is 6.31. The van der Waals surface area contributed by atoms with E-state index in [0.29, 0.717) is 0 Å². The fourth-order valence-electron chi connectivity index (χ4n) is 0.675. The maximum Gasteiger partial charge on any atom is 0.435 e. The Kier molecular flexibility index (Phi) is 2.62. The first-order chi connectivity index (χ1) is 6.25. The van der Waals surface area contributed by atoms with Gasteiger partial charge < -0.3 is 0 Å². The van der Waals surface area contributed by atoms with E-state index in [1.807, 2.05) is 0 Å². The van der Waals surface area contributed by atoms with Crippen LogP contribution in [0.15, 0.2) is 0 Å². The molecule has 0 fully saturated rings. The predicted octanol–water partition coefficient (Wildman–Crippen LogP) is 3.17. The average Bonchev–Trinajstić information content (AvgIpc) is 2.06. The van der Waals surface area contributed by atoms with Gasteiger partial charge in [0.2, 0.25) is 5.82 Å². The van der Waals surface area contributed by atoms with Gasteiger partial charge in [-0.2, -0.15) is 22.0 Å². The molecular weight excluding hydrogens is 236 g/mol. The molecular formula is C6ClF6N. The van der Waals surface area contributed by atoms with Crippen LogP contribution in [-0.4, -0.2) is 4.98 Å². The van der Waals surface area contributed by atoms with Crippen molar-refractivity contribution in [3.05, 3.63) is 28.3 Å². The van der Waals surface area contributed by atoms with Gasteiger partial charge in [0.1, 0.15) is 5.02 Å². The summed E-state index contributed by atoms with van der Waals surface area (Å²) < 4.78 is 72.9. The third-order valence-electron chi connectivity index (χ3n) is 1.25. The van der Waals surface area contributed by atoms with Crippen LogP contribution < -0.4 is 0 Å². The van der Waals surface area contributed by atoms with Crippen LogP contribution in [0.3, 0.4) is 0 Å². The van der Waals surface area contributed by atoms with Crippen molar-refractivity contribution >= 4 is 11.6 Å². The molecule has 0 aliphatic carbocycles.